The molecule has 3 nitrogen and oxygen atoms in total. The first-order chi connectivity index (χ1) is 9.08. The third-order valence-corrected chi connectivity index (χ3v) is 2.98. The summed E-state index contributed by atoms with van der Waals surface area (Å²) in [6.07, 6.45) is 1.37. The highest BCUT2D eigenvalue weighted by atomic mass is 35.5. The van der Waals surface area contributed by atoms with Gasteiger partial charge in [0.15, 0.2) is 0 Å². The molecule has 0 aliphatic rings. The lowest BCUT2D eigenvalue weighted by atomic mass is 10.1. The maximum atomic E-state index is 11.6. The van der Waals surface area contributed by atoms with Crippen LogP contribution in [0.25, 0.3) is 0 Å². The molecular formula is C15H23ClN2O. The molecule has 19 heavy (non-hydrogen) atoms. The van der Waals surface area contributed by atoms with Gasteiger partial charge in [-0.3, -0.25) is 4.79 Å². The minimum Gasteiger partial charge on any atom is -0.356 e. The summed E-state index contributed by atoms with van der Waals surface area (Å²) in [6, 6.07) is 7.71. The van der Waals surface area contributed by atoms with Crippen LogP contribution >= 0.6 is 11.6 Å². The zero-order valence-electron chi connectivity index (χ0n) is 11.7. The van der Waals surface area contributed by atoms with Crippen LogP contribution < -0.4 is 10.6 Å². The summed E-state index contributed by atoms with van der Waals surface area (Å²) in [4.78, 5) is 11.6. The highest BCUT2D eigenvalue weighted by Crippen LogP contribution is 2.09. The maximum absolute atomic E-state index is 11.6. The van der Waals surface area contributed by atoms with E-state index in [1.165, 1.54) is 5.56 Å². The second kappa shape index (κ2) is 8.94. The molecule has 0 saturated heterocycles. The van der Waals surface area contributed by atoms with Crippen LogP contribution in [0.15, 0.2) is 24.3 Å². The first kappa shape index (κ1) is 16.0. The molecule has 0 bridgehead atoms. The van der Waals surface area contributed by atoms with Gasteiger partial charge in [0.2, 0.25) is 5.91 Å². The van der Waals surface area contributed by atoms with Gasteiger partial charge < -0.3 is 10.6 Å². The second-order valence-electron chi connectivity index (χ2n) is 5.07. The van der Waals surface area contributed by atoms with E-state index in [0.717, 1.165) is 24.5 Å². The van der Waals surface area contributed by atoms with E-state index in [1.54, 1.807) is 0 Å². The molecule has 0 radical (unpaired) electrons. The van der Waals surface area contributed by atoms with Crippen LogP contribution in [0.4, 0.5) is 0 Å². The number of benzene rings is 1. The van der Waals surface area contributed by atoms with Crippen molar-refractivity contribution in [1.82, 2.24) is 10.6 Å². The molecule has 0 unspecified atom stereocenters. The number of halogens is 1. The lowest BCUT2D eigenvalue weighted by Gasteiger charge is -2.08. The molecule has 1 amide bonds. The summed E-state index contributed by atoms with van der Waals surface area (Å²) in [6.45, 7) is 6.67. The zero-order valence-corrected chi connectivity index (χ0v) is 12.5. The van der Waals surface area contributed by atoms with Crippen molar-refractivity contribution >= 4 is 17.5 Å². The minimum atomic E-state index is 0.102. The van der Waals surface area contributed by atoms with E-state index in [-0.39, 0.29) is 5.91 Å². The Morgan fingerprint density at radius 1 is 1.21 bits per heavy atom. The Labute approximate surface area is 120 Å². The lowest BCUT2D eigenvalue weighted by molar-refractivity contribution is -0.120. The van der Waals surface area contributed by atoms with Crippen LogP contribution in [0.1, 0.15) is 25.8 Å². The summed E-state index contributed by atoms with van der Waals surface area (Å²) >= 11 is 5.81. The fourth-order valence-electron chi connectivity index (χ4n) is 1.68. The van der Waals surface area contributed by atoms with Crippen LogP contribution in [-0.2, 0) is 11.2 Å². The number of hydrogen-bond donors (Lipinski definition) is 2. The topological polar surface area (TPSA) is 41.1 Å². The molecule has 106 valence electrons. The van der Waals surface area contributed by atoms with Crippen LogP contribution in [-0.4, -0.2) is 25.5 Å². The number of carbonyl (C=O) groups is 1. The summed E-state index contributed by atoms with van der Waals surface area (Å²) in [5, 5.41) is 6.92. The number of rotatable bonds is 8. The Bertz CT molecular complexity index is 376. The van der Waals surface area contributed by atoms with Crippen molar-refractivity contribution in [2.45, 2.75) is 26.7 Å². The average molecular weight is 283 g/mol. The molecule has 0 spiro atoms. The van der Waals surface area contributed by atoms with E-state index in [2.05, 4.69) is 24.5 Å². The predicted octanol–water partition coefficient (Wildman–Crippen LogP) is 2.63. The van der Waals surface area contributed by atoms with Crippen molar-refractivity contribution in [2.24, 2.45) is 5.92 Å². The molecule has 1 aromatic carbocycles. The largest absolute Gasteiger partial charge is 0.356 e. The van der Waals surface area contributed by atoms with Gasteiger partial charge in [-0.1, -0.05) is 37.6 Å². The zero-order chi connectivity index (χ0) is 14.1. The summed E-state index contributed by atoms with van der Waals surface area (Å²) < 4.78 is 0. The molecular weight excluding hydrogens is 260 g/mol. The van der Waals surface area contributed by atoms with Crippen molar-refractivity contribution < 1.29 is 4.79 Å². The van der Waals surface area contributed by atoms with Crippen molar-refractivity contribution in [3.05, 3.63) is 34.9 Å². The monoisotopic (exact) mass is 282 g/mol. The minimum absolute atomic E-state index is 0.102. The highest BCUT2D eigenvalue weighted by molar-refractivity contribution is 6.30. The molecule has 1 rings (SSSR count). The first-order valence-electron chi connectivity index (χ1n) is 6.80. The second-order valence-corrected chi connectivity index (χ2v) is 5.51. The molecule has 0 aliphatic carbocycles. The van der Waals surface area contributed by atoms with E-state index >= 15 is 0 Å². The van der Waals surface area contributed by atoms with E-state index in [4.69, 9.17) is 11.6 Å². The summed E-state index contributed by atoms with van der Waals surface area (Å²) in [5.74, 6) is 0.721. The molecule has 0 fully saturated rings. The lowest BCUT2D eigenvalue weighted by Crippen LogP contribution is -2.30. The van der Waals surface area contributed by atoms with Crippen LogP contribution in [0.5, 0.6) is 0 Å². The van der Waals surface area contributed by atoms with Gasteiger partial charge in [-0.2, -0.15) is 0 Å². The van der Waals surface area contributed by atoms with Crippen molar-refractivity contribution in [3.8, 4) is 0 Å². The van der Waals surface area contributed by atoms with Gasteiger partial charge in [0.1, 0.15) is 0 Å². The fraction of sp³-hybridized carbons (Fsp3) is 0.533. The van der Waals surface area contributed by atoms with Gasteiger partial charge in [0.25, 0.3) is 0 Å². The van der Waals surface area contributed by atoms with Crippen LogP contribution in [0.3, 0.4) is 0 Å². The Balaban J connectivity index is 2.08. The maximum Gasteiger partial charge on any atom is 0.221 e. The summed E-state index contributed by atoms with van der Waals surface area (Å²) in [7, 11) is 0. The predicted molar refractivity (Wildman–Crippen MR) is 80.5 cm³/mol. The molecule has 0 aliphatic heterocycles. The molecule has 0 atom stereocenters. The Hall–Kier alpha value is -1.06. The van der Waals surface area contributed by atoms with Gasteiger partial charge in [0.05, 0.1) is 0 Å². The Morgan fingerprint density at radius 2 is 1.89 bits per heavy atom. The normalized spacial score (nSPS) is 10.7. The van der Waals surface area contributed by atoms with Gasteiger partial charge in [-0.25, -0.2) is 0 Å². The molecule has 4 heteroatoms. The third kappa shape index (κ3) is 7.85. The van der Waals surface area contributed by atoms with Crippen molar-refractivity contribution in [3.63, 3.8) is 0 Å². The van der Waals surface area contributed by atoms with Gasteiger partial charge in [-0.05, 0) is 36.6 Å². The quantitative estimate of drug-likeness (QED) is 0.720. The third-order valence-electron chi connectivity index (χ3n) is 2.73. The first-order valence-corrected chi connectivity index (χ1v) is 7.17. The average Bonchev–Trinajstić information content (AvgIpc) is 2.37. The van der Waals surface area contributed by atoms with Gasteiger partial charge in [0, 0.05) is 24.5 Å². The number of nitrogens with one attached hydrogen (secondary N) is 2. The van der Waals surface area contributed by atoms with Crippen LogP contribution in [0.2, 0.25) is 5.02 Å². The Morgan fingerprint density at radius 3 is 2.53 bits per heavy atom. The fourth-order valence-corrected chi connectivity index (χ4v) is 1.80. The SMILES string of the molecule is CC(C)CNCCC(=O)NCCc1ccc(Cl)cc1. The summed E-state index contributed by atoms with van der Waals surface area (Å²) in [5.41, 5.74) is 1.18. The van der Waals surface area contributed by atoms with E-state index in [1.807, 2.05) is 24.3 Å². The molecule has 0 aromatic heterocycles. The molecule has 1 aromatic rings. The van der Waals surface area contributed by atoms with E-state index in [0.29, 0.717) is 18.9 Å². The van der Waals surface area contributed by atoms with Crippen molar-refractivity contribution in [1.29, 1.82) is 0 Å². The van der Waals surface area contributed by atoms with Gasteiger partial charge in [-0.15, -0.1) is 0 Å². The van der Waals surface area contributed by atoms with Crippen molar-refractivity contribution in [2.75, 3.05) is 19.6 Å². The number of hydrogen-bond acceptors (Lipinski definition) is 2. The molecule has 2 N–H and O–H groups in total. The number of carbonyl (C=O) groups excluding carboxylic acids is 1. The van der Waals surface area contributed by atoms with E-state index < -0.39 is 0 Å². The standard InChI is InChI=1S/C15H23ClN2O/c1-12(2)11-17-9-8-15(19)18-10-7-13-3-5-14(16)6-4-13/h3-6,12,17H,7-11H2,1-2H3,(H,18,19). The number of amides is 1. The molecule has 0 saturated carbocycles. The highest BCUT2D eigenvalue weighted by Gasteiger charge is 2.01. The van der Waals surface area contributed by atoms with Crippen LogP contribution in [0, 0.1) is 5.92 Å². The smallest absolute Gasteiger partial charge is 0.221 e. The Kier molecular flexibility index (Phi) is 7.53. The molecule has 0 heterocycles. The van der Waals surface area contributed by atoms with E-state index in [9.17, 15) is 4.79 Å². The van der Waals surface area contributed by atoms with Gasteiger partial charge >= 0.3 is 0 Å².